The van der Waals surface area contributed by atoms with E-state index in [2.05, 4.69) is 26.6 Å². The van der Waals surface area contributed by atoms with Gasteiger partial charge in [0.25, 0.3) is 0 Å². The molecule has 0 aliphatic rings. The number of anilines is 1. The molecule has 0 heterocycles. The summed E-state index contributed by atoms with van der Waals surface area (Å²) in [5.41, 5.74) is 0.660. The molecular weight excluding hydrogens is 368 g/mol. The number of benzene rings is 2. The number of carbonyl (C=O) groups excluding carboxylic acids is 2. The first-order valence-electron chi connectivity index (χ1n) is 7.79. The quantitative estimate of drug-likeness (QED) is 0.739. The maximum atomic E-state index is 12.4. The zero-order chi connectivity index (χ0) is 17.6. The molecule has 0 atom stereocenters. The summed E-state index contributed by atoms with van der Waals surface area (Å²) in [7, 11) is 0. The van der Waals surface area contributed by atoms with Gasteiger partial charge in [-0.3, -0.25) is 9.59 Å². The third-order valence-corrected chi connectivity index (χ3v) is 4.31. The van der Waals surface area contributed by atoms with E-state index < -0.39 is 5.41 Å². The van der Waals surface area contributed by atoms with Gasteiger partial charge >= 0.3 is 0 Å². The van der Waals surface area contributed by atoms with Crippen molar-refractivity contribution >= 4 is 33.4 Å². The monoisotopic (exact) mass is 388 g/mol. The van der Waals surface area contributed by atoms with Crippen LogP contribution < -0.4 is 10.6 Å². The molecule has 2 N–H and O–H groups in total. The average molecular weight is 389 g/mol. The van der Waals surface area contributed by atoms with Gasteiger partial charge < -0.3 is 10.6 Å². The van der Waals surface area contributed by atoms with Crippen molar-refractivity contribution in [1.29, 1.82) is 0 Å². The molecule has 0 bridgehead atoms. The Balaban J connectivity index is 1.89. The number of rotatable bonds is 6. The highest BCUT2D eigenvalue weighted by atomic mass is 79.9. The Morgan fingerprint density at radius 2 is 1.58 bits per heavy atom. The Bertz CT molecular complexity index is 697. The van der Waals surface area contributed by atoms with Crippen LogP contribution in [0.2, 0.25) is 0 Å². The van der Waals surface area contributed by atoms with Gasteiger partial charge in [-0.15, -0.1) is 0 Å². The van der Waals surface area contributed by atoms with E-state index in [9.17, 15) is 9.59 Å². The normalized spacial score (nSPS) is 11.0. The summed E-state index contributed by atoms with van der Waals surface area (Å²) in [5.74, 6) is -0.616. The van der Waals surface area contributed by atoms with Crippen LogP contribution in [0.25, 0.3) is 0 Å². The number of carbonyl (C=O) groups is 2. The first-order chi connectivity index (χ1) is 11.4. The second-order valence-electron chi connectivity index (χ2n) is 6.08. The lowest BCUT2D eigenvalue weighted by atomic mass is 9.91. The van der Waals surface area contributed by atoms with Crippen LogP contribution in [0.3, 0.4) is 0 Å². The summed E-state index contributed by atoms with van der Waals surface area (Å²) >= 11 is 3.35. The minimum Gasteiger partial charge on any atom is -0.355 e. The van der Waals surface area contributed by atoms with Crippen molar-refractivity contribution in [1.82, 2.24) is 5.32 Å². The van der Waals surface area contributed by atoms with E-state index >= 15 is 0 Å². The third kappa shape index (κ3) is 4.93. The van der Waals surface area contributed by atoms with Gasteiger partial charge in [0.2, 0.25) is 11.8 Å². The molecule has 2 aromatic carbocycles. The fourth-order valence-corrected chi connectivity index (χ4v) is 2.37. The summed E-state index contributed by atoms with van der Waals surface area (Å²) in [5, 5.41) is 5.62. The van der Waals surface area contributed by atoms with Crippen LogP contribution in [0.1, 0.15) is 19.4 Å². The van der Waals surface area contributed by atoms with Crippen LogP contribution in [0, 0.1) is 5.41 Å². The largest absolute Gasteiger partial charge is 0.355 e. The van der Waals surface area contributed by atoms with Gasteiger partial charge in [0, 0.05) is 16.7 Å². The number of halogens is 1. The second kappa shape index (κ2) is 8.11. The lowest BCUT2D eigenvalue weighted by molar-refractivity contribution is -0.138. The lowest BCUT2D eigenvalue weighted by Crippen LogP contribution is -2.45. The number of hydrogen-bond acceptors (Lipinski definition) is 2. The first-order valence-corrected chi connectivity index (χ1v) is 8.58. The minimum atomic E-state index is -1.15. The molecule has 0 radical (unpaired) electrons. The summed E-state index contributed by atoms with van der Waals surface area (Å²) in [4.78, 5) is 24.8. The van der Waals surface area contributed by atoms with E-state index in [-0.39, 0.29) is 11.8 Å². The molecule has 5 heteroatoms. The van der Waals surface area contributed by atoms with E-state index in [1.165, 1.54) is 0 Å². The van der Waals surface area contributed by atoms with Gasteiger partial charge in [-0.2, -0.15) is 0 Å². The van der Waals surface area contributed by atoms with Gasteiger partial charge in [0.05, 0.1) is 0 Å². The molecule has 2 amide bonds. The zero-order valence-electron chi connectivity index (χ0n) is 13.8. The molecule has 24 heavy (non-hydrogen) atoms. The predicted molar refractivity (Wildman–Crippen MR) is 99.7 cm³/mol. The zero-order valence-corrected chi connectivity index (χ0v) is 15.4. The molecule has 0 spiro atoms. The van der Waals surface area contributed by atoms with Gasteiger partial charge in [-0.1, -0.05) is 46.3 Å². The second-order valence-corrected chi connectivity index (χ2v) is 6.99. The Kier molecular flexibility index (Phi) is 6.15. The van der Waals surface area contributed by atoms with Gasteiger partial charge in [0.15, 0.2) is 0 Å². The van der Waals surface area contributed by atoms with E-state index in [0.29, 0.717) is 12.2 Å². The van der Waals surface area contributed by atoms with Crippen molar-refractivity contribution in [2.45, 2.75) is 20.3 Å². The van der Waals surface area contributed by atoms with E-state index in [1.54, 1.807) is 26.0 Å². The molecule has 0 saturated heterocycles. The first kappa shape index (κ1) is 18.2. The molecule has 0 fully saturated rings. The van der Waals surface area contributed by atoms with E-state index in [0.717, 1.165) is 16.5 Å². The van der Waals surface area contributed by atoms with Crippen LogP contribution in [0.5, 0.6) is 0 Å². The fraction of sp³-hybridized carbons (Fsp3) is 0.263. The molecule has 0 saturated carbocycles. The van der Waals surface area contributed by atoms with Crippen molar-refractivity contribution in [2.24, 2.45) is 5.41 Å². The van der Waals surface area contributed by atoms with Crippen molar-refractivity contribution in [2.75, 3.05) is 11.9 Å². The summed E-state index contributed by atoms with van der Waals surface area (Å²) in [6.07, 6.45) is 0.733. The van der Waals surface area contributed by atoms with Crippen molar-refractivity contribution in [3.63, 3.8) is 0 Å². The maximum absolute atomic E-state index is 12.4. The van der Waals surface area contributed by atoms with Crippen LogP contribution >= 0.6 is 15.9 Å². The summed E-state index contributed by atoms with van der Waals surface area (Å²) in [6.45, 7) is 3.75. The summed E-state index contributed by atoms with van der Waals surface area (Å²) < 4.78 is 0.929. The van der Waals surface area contributed by atoms with Crippen LogP contribution in [-0.2, 0) is 16.0 Å². The minimum absolute atomic E-state index is 0.284. The molecule has 0 aliphatic heterocycles. The van der Waals surface area contributed by atoms with Crippen molar-refractivity contribution in [3.8, 4) is 0 Å². The van der Waals surface area contributed by atoms with Gasteiger partial charge in [-0.05, 0) is 50.1 Å². The lowest BCUT2D eigenvalue weighted by Gasteiger charge is -2.22. The molecule has 0 unspecified atom stereocenters. The summed E-state index contributed by atoms with van der Waals surface area (Å²) in [6, 6.07) is 17.1. The average Bonchev–Trinajstić information content (AvgIpc) is 2.57. The highest BCUT2D eigenvalue weighted by Gasteiger charge is 2.35. The van der Waals surface area contributed by atoms with Gasteiger partial charge in [0.1, 0.15) is 5.41 Å². The number of hydrogen-bond donors (Lipinski definition) is 2. The standard InChI is InChI=1S/C19H21BrN2O2/c1-19(2,18(24)22-16-10-8-15(20)9-11-16)17(23)21-13-12-14-6-4-3-5-7-14/h3-11H,12-13H2,1-2H3,(H,21,23)(H,22,24). The molecule has 4 nitrogen and oxygen atoms in total. The predicted octanol–water partition coefficient (Wildman–Crippen LogP) is 3.77. The Hall–Kier alpha value is -2.14. The Morgan fingerprint density at radius 1 is 0.958 bits per heavy atom. The highest BCUT2D eigenvalue weighted by molar-refractivity contribution is 9.10. The Labute approximate surface area is 150 Å². The fourth-order valence-electron chi connectivity index (χ4n) is 2.11. The molecule has 126 valence electrons. The maximum Gasteiger partial charge on any atom is 0.239 e. The van der Waals surface area contributed by atoms with E-state index in [4.69, 9.17) is 0 Å². The smallest absolute Gasteiger partial charge is 0.239 e. The van der Waals surface area contributed by atoms with E-state index in [1.807, 2.05) is 42.5 Å². The van der Waals surface area contributed by atoms with Crippen LogP contribution in [-0.4, -0.2) is 18.4 Å². The van der Waals surface area contributed by atoms with Crippen molar-refractivity contribution < 1.29 is 9.59 Å². The number of amides is 2. The molecule has 2 aromatic rings. The van der Waals surface area contributed by atoms with Crippen LogP contribution in [0.15, 0.2) is 59.1 Å². The third-order valence-electron chi connectivity index (χ3n) is 3.78. The Morgan fingerprint density at radius 3 is 2.21 bits per heavy atom. The SMILES string of the molecule is CC(C)(C(=O)NCCc1ccccc1)C(=O)Nc1ccc(Br)cc1. The highest BCUT2D eigenvalue weighted by Crippen LogP contribution is 2.20. The molecule has 2 rings (SSSR count). The number of nitrogens with one attached hydrogen (secondary N) is 2. The van der Waals surface area contributed by atoms with Crippen LogP contribution in [0.4, 0.5) is 5.69 Å². The van der Waals surface area contributed by atoms with Gasteiger partial charge in [-0.25, -0.2) is 0 Å². The molecular formula is C19H21BrN2O2. The topological polar surface area (TPSA) is 58.2 Å². The van der Waals surface area contributed by atoms with Crippen molar-refractivity contribution in [3.05, 3.63) is 64.6 Å². The molecule has 0 aromatic heterocycles. The molecule has 0 aliphatic carbocycles.